The molecule has 0 bridgehead atoms. The van der Waals surface area contributed by atoms with Crippen molar-refractivity contribution in [3.8, 4) is 0 Å². The van der Waals surface area contributed by atoms with E-state index in [4.69, 9.17) is 0 Å². The zero-order valence-electron chi connectivity index (χ0n) is 11.5. The molecule has 0 nitrogen and oxygen atoms in total. The molecule has 2 fully saturated rings. The molecule has 0 spiro atoms. The fourth-order valence-electron chi connectivity index (χ4n) is 4.08. The van der Waals surface area contributed by atoms with Crippen molar-refractivity contribution in [2.75, 3.05) is 0 Å². The van der Waals surface area contributed by atoms with Gasteiger partial charge in [0, 0.05) is 0 Å². The predicted molar refractivity (Wildman–Crippen MR) is 76.1 cm³/mol. The van der Waals surface area contributed by atoms with Gasteiger partial charge in [0.1, 0.15) is 0 Å². The lowest BCUT2D eigenvalue weighted by Gasteiger charge is -2.33. The summed E-state index contributed by atoms with van der Waals surface area (Å²) in [4.78, 5) is 0. The van der Waals surface area contributed by atoms with Crippen LogP contribution in [0.4, 0.5) is 0 Å². The van der Waals surface area contributed by atoms with Crippen LogP contribution in [-0.4, -0.2) is 0 Å². The summed E-state index contributed by atoms with van der Waals surface area (Å²) in [5, 5.41) is 0. The van der Waals surface area contributed by atoms with Crippen molar-refractivity contribution in [3.63, 3.8) is 0 Å². The normalized spacial score (nSPS) is 32.0. The van der Waals surface area contributed by atoms with Crippen LogP contribution < -0.4 is 0 Å². The molecule has 0 amide bonds. The van der Waals surface area contributed by atoms with Crippen LogP contribution in [0.25, 0.3) is 0 Å². The summed E-state index contributed by atoms with van der Waals surface area (Å²) in [6, 6.07) is 0. The number of hydrogen-bond donors (Lipinski definition) is 0. The first-order chi connectivity index (χ1) is 8.40. The Bertz CT molecular complexity index is 202. The van der Waals surface area contributed by atoms with Gasteiger partial charge in [-0.1, -0.05) is 57.4 Å². The second-order valence-electron chi connectivity index (χ2n) is 6.40. The van der Waals surface area contributed by atoms with Crippen LogP contribution in [0.5, 0.6) is 0 Å². The molecule has 0 aliphatic heterocycles. The highest BCUT2D eigenvalue weighted by molar-refractivity contribution is 4.80. The van der Waals surface area contributed by atoms with Crippen LogP contribution in [0.2, 0.25) is 0 Å². The highest BCUT2D eigenvalue weighted by atomic mass is 14.3. The van der Waals surface area contributed by atoms with Crippen molar-refractivity contribution < 1.29 is 0 Å². The summed E-state index contributed by atoms with van der Waals surface area (Å²) in [6.07, 6.45) is 19.9. The Balaban J connectivity index is 1.71. The summed E-state index contributed by atoms with van der Waals surface area (Å²) in [5.41, 5.74) is 0. The van der Waals surface area contributed by atoms with Crippen molar-refractivity contribution in [1.82, 2.24) is 0 Å². The maximum atomic E-state index is 3.84. The average Bonchev–Trinajstić information content (AvgIpc) is 2.66. The molecule has 0 radical (unpaired) electrons. The average molecular weight is 234 g/mol. The number of rotatable bonds is 4. The van der Waals surface area contributed by atoms with Gasteiger partial charge in [-0.25, -0.2) is 0 Å². The fraction of sp³-hybridized carbons (Fsp3) is 0.882. The van der Waals surface area contributed by atoms with Crippen LogP contribution in [-0.2, 0) is 0 Å². The molecular weight excluding hydrogens is 204 g/mol. The lowest BCUT2D eigenvalue weighted by Crippen LogP contribution is -2.21. The maximum Gasteiger partial charge on any atom is -0.0351 e. The van der Waals surface area contributed by atoms with Crippen LogP contribution >= 0.6 is 0 Å². The monoisotopic (exact) mass is 234 g/mol. The minimum absolute atomic E-state index is 1.02. The highest BCUT2D eigenvalue weighted by Gasteiger charge is 2.27. The lowest BCUT2D eigenvalue weighted by atomic mass is 9.72. The Labute approximate surface area is 108 Å². The topological polar surface area (TPSA) is 0 Å². The van der Waals surface area contributed by atoms with Gasteiger partial charge in [-0.3, -0.25) is 0 Å². The van der Waals surface area contributed by atoms with Gasteiger partial charge >= 0.3 is 0 Å². The molecule has 0 aromatic carbocycles. The molecule has 98 valence electrons. The molecule has 2 rings (SSSR count). The van der Waals surface area contributed by atoms with Crippen molar-refractivity contribution >= 4 is 0 Å². The molecule has 0 heterocycles. The first-order valence-electron chi connectivity index (χ1n) is 8.01. The van der Waals surface area contributed by atoms with E-state index < -0.39 is 0 Å². The van der Waals surface area contributed by atoms with Crippen LogP contribution in [0.1, 0.15) is 77.0 Å². The molecule has 0 aromatic heterocycles. The highest BCUT2D eigenvalue weighted by Crippen LogP contribution is 2.40. The molecule has 0 aromatic rings. The Morgan fingerprint density at radius 3 is 1.94 bits per heavy atom. The van der Waals surface area contributed by atoms with Crippen molar-refractivity contribution in [2.24, 2.45) is 17.8 Å². The van der Waals surface area contributed by atoms with Gasteiger partial charge in [-0.15, -0.1) is 6.58 Å². The predicted octanol–water partition coefficient (Wildman–Crippen LogP) is 5.73. The smallest absolute Gasteiger partial charge is 0.0351 e. The molecule has 2 aliphatic carbocycles. The van der Waals surface area contributed by atoms with E-state index in [1.165, 1.54) is 64.2 Å². The molecule has 17 heavy (non-hydrogen) atoms. The van der Waals surface area contributed by atoms with Gasteiger partial charge < -0.3 is 0 Å². The van der Waals surface area contributed by atoms with Gasteiger partial charge in [0.15, 0.2) is 0 Å². The largest absolute Gasteiger partial charge is 0.103 e. The molecule has 0 atom stereocenters. The van der Waals surface area contributed by atoms with Crippen molar-refractivity contribution in [1.29, 1.82) is 0 Å². The van der Waals surface area contributed by atoms with E-state index in [-0.39, 0.29) is 0 Å². The molecule has 2 aliphatic rings. The molecule has 0 unspecified atom stereocenters. The van der Waals surface area contributed by atoms with Crippen LogP contribution in [0, 0.1) is 17.8 Å². The van der Waals surface area contributed by atoms with E-state index in [2.05, 4.69) is 12.7 Å². The van der Waals surface area contributed by atoms with Crippen LogP contribution in [0.3, 0.4) is 0 Å². The van der Waals surface area contributed by atoms with Gasteiger partial charge in [0.2, 0.25) is 0 Å². The second kappa shape index (κ2) is 7.24. The van der Waals surface area contributed by atoms with E-state index in [1.807, 2.05) is 0 Å². The van der Waals surface area contributed by atoms with Gasteiger partial charge in [-0.05, 0) is 43.4 Å². The summed E-state index contributed by atoms with van der Waals surface area (Å²) < 4.78 is 0. The number of allylic oxidation sites excluding steroid dienone is 1. The molecule has 0 N–H and O–H groups in total. The minimum Gasteiger partial charge on any atom is -0.103 e. The molecule has 0 heteroatoms. The first kappa shape index (κ1) is 13.2. The Kier molecular flexibility index (Phi) is 5.61. The molecule has 2 saturated carbocycles. The quantitative estimate of drug-likeness (QED) is 0.430. The van der Waals surface area contributed by atoms with Gasteiger partial charge in [0.05, 0.1) is 0 Å². The molecular formula is C17H30. The Hall–Kier alpha value is -0.260. The van der Waals surface area contributed by atoms with Crippen molar-refractivity contribution in [3.05, 3.63) is 12.7 Å². The number of hydrogen-bond acceptors (Lipinski definition) is 0. The van der Waals surface area contributed by atoms with Crippen molar-refractivity contribution in [2.45, 2.75) is 77.0 Å². The standard InChI is InChI=1S/C17H30/c1-2-3-8-15-11-13-17(14-12-15)16-9-6-4-5-7-10-16/h2,15-17H,1,3-14H2. The fourth-order valence-corrected chi connectivity index (χ4v) is 4.08. The maximum absolute atomic E-state index is 3.84. The first-order valence-corrected chi connectivity index (χ1v) is 8.01. The third kappa shape index (κ3) is 4.16. The Morgan fingerprint density at radius 2 is 1.35 bits per heavy atom. The van der Waals surface area contributed by atoms with E-state index in [9.17, 15) is 0 Å². The second-order valence-corrected chi connectivity index (χ2v) is 6.40. The third-order valence-corrected chi connectivity index (χ3v) is 5.24. The molecule has 0 saturated heterocycles. The minimum atomic E-state index is 1.02. The van der Waals surface area contributed by atoms with E-state index in [0.717, 1.165) is 17.8 Å². The van der Waals surface area contributed by atoms with Gasteiger partial charge in [0.25, 0.3) is 0 Å². The van der Waals surface area contributed by atoms with E-state index in [1.54, 1.807) is 12.8 Å². The lowest BCUT2D eigenvalue weighted by molar-refractivity contribution is 0.184. The summed E-state index contributed by atoms with van der Waals surface area (Å²) in [7, 11) is 0. The summed E-state index contributed by atoms with van der Waals surface area (Å²) in [6.45, 7) is 3.84. The SMILES string of the molecule is C=CCCC1CCC(C2CCCCCC2)CC1. The Morgan fingerprint density at radius 1 is 0.765 bits per heavy atom. The zero-order valence-corrected chi connectivity index (χ0v) is 11.5. The zero-order chi connectivity index (χ0) is 11.9. The van der Waals surface area contributed by atoms with Crippen LogP contribution in [0.15, 0.2) is 12.7 Å². The van der Waals surface area contributed by atoms with E-state index in [0.29, 0.717) is 0 Å². The summed E-state index contributed by atoms with van der Waals surface area (Å²) in [5.74, 6) is 3.21. The van der Waals surface area contributed by atoms with Gasteiger partial charge in [-0.2, -0.15) is 0 Å². The van der Waals surface area contributed by atoms with E-state index >= 15 is 0 Å². The third-order valence-electron chi connectivity index (χ3n) is 5.24. The summed E-state index contributed by atoms with van der Waals surface area (Å²) >= 11 is 0.